The summed E-state index contributed by atoms with van der Waals surface area (Å²) in [7, 11) is 1.68. The van der Waals surface area contributed by atoms with Gasteiger partial charge in [-0.2, -0.15) is 0 Å². The van der Waals surface area contributed by atoms with Crippen molar-refractivity contribution in [2.24, 2.45) is 5.73 Å². The van der Waals surface area contributed by atoms with Crippen molar-refractivity contribution in [1.29, 1.82) is 0 Å². The molecule has 1 amide bonds. The maximum atomic E-state index is 12.0. The zero-order valence-corrected chi connectivity index (χ0v) is 10.6. The summed E-state index contributed by atoms with van der Waals surface area (Å²) in [5.41, 5.74) is 5.87. The molecule has 0 saturated carbocycles. The van der Waals surface area contributed by atoms with E-state index in [0.717, 1.165) is 25.8 Å². The molecule has 0 aromatic rings. The van der Waals surface area contributed by atoms with E-state index in [9.17, 15) is 4.79 Å². The summed E-state index contributed by atoms with van der Waals surface area (Å²) < 4.78 is 5.14. The number of amides is 1. The van der Waals surface area contributed by atoms with Gasteiger partial charge in [0, 0.05) is 32.2 Å². The third kappa shape index (κ3) is 3.76. The highest BCUT2D eigenvalue weighted by Gasteiger charge is 2.26. The summed E-state index contributed by atoms with van der Waals surface area (Å²) >= 11 is 0. The van der Waals surface area contributed by atoms with Crippen molar-refractivity contribution >= 4 is 5.91 Å². The van der Waals surface area contributed by atoms with Crippen molar-refractivity contribution in [3.8, 4) is 0 Å². The highest BCUT2D eigenvalue weighted by Crippen LogP contribution is 2.17. The molecular weight excluding hydrogens is 204 g/mol. The van der Waals surface area contributed by atoms with E-state index < -0.39 is 0 Å². The minimum Gasteiger partial charge on any atom is -0.382 e. The van der Waals surface area contributed by atoms with Crippen LogP contribution in [0.4, 0.5) is 0 Å². The third-order valence-corrected chi connectivity index (χ3v) is 3.40. The van der Waals surface area contributed by atoms with Gasteiger partial charge in [0.1, 0.15) is 0 Å². The van der Waals surface area contributed by atoms with Crippen molar-refractivity contribution in [2.75, 3.05) is 13.7 Å². The summed E-state index contributed by atoms with van der Waals surface area (Å²) in [4.78, 5) is 13.9. The molecule has 1 fully saturated rings. The molecule has 16 heavy (non-hydrogen) atoms. The number of methoxy groups -OCH3 is 1. The Labute approximate surface area is 98.1 Å². The molecule has 1 rings (SSSR count). The summed E-state index contributed by atoms with van der Waals surface area (Å²) in [5, 5.41) is 0. The molecule has 1 aliphatic heterocycles. The predicted octanol–water partition coefficient (Wildman–Crippen LogP) is 1.14. The number of rotatable bonds is 4. The molecular formula is C12H24N2O2. The Morgan fingerprint density at radius 2 is 2.31 bits per heavy atom. The Hall–Kier alpha value is -0.610. The number of nitrogens with zero attached hydrogens (tertiary/aromatic N) is 1. The van der Waals surface area contributed by atoms with E-state index in [2.05, 4.69) is 6.92 Å². The molecule has 0 aromatic heterocycles. The van der Waals surface area contributed by atoms with Gasteiger partial charge in [-0.15, -0.1) is 0 Å². The molecule has 0 spiro atoms. The Morgan fingerprint density at radius 1 is 1.62 bits per heavy atom. The summed E-state index contributed by atoms with van der Waals surface area (Å²) in [5.74, 6) is 0.239. The summed E-state index contributed by atoms with van der Waals surface area (Å²) in [6.45, 7) is 4.88. The predicted molar refractivity (Wildman–Crippen MR) is 64.1 cm³/mol. The van der Waals surface area contributed by atoms with Crippen LogP contribution in [0.25, 0.3) is 0 Å². The zero-order valence-electron chi connectivity index (χ0n) is 10.6. The molecule has 4 heteroatoms. The number of carbonyl (C=O) groups excluding carboxylic acids is 1. The lowest BCUT2D eigenvalue weighted by molar-refractivity contribution is -0.135. The van der Waals surface area contributed by atoms with Gasteiger partial charge in [0.15, 0.2) is 0 Å². The zero-order chi connectivity index (χ0) is 12.1. The lowest BCUT2D eigenvalue weighted by Crippen LogP contribution is -2.48. The second-order valence-electron chi connectivity index (χ2n) is 4.81. The molecule has 0 radical (unpaired) electrons. The number of hydrogen-bond donors (Lipinski definition) is 1. The first-order valence-corrected chi connectivity index (χ1v) is 6.12. The molecule has 94 valence electrons. The van der Waals surface area contributed by atoms with Gasteiger partial charge in [-0.05, 0) is 33.1 Å². The number of nitrogens with two attached hydrogens (primary N) is 1. The van der Waals surface area contributed by atoms with Crippen molar-refractivity contribution < 1.29 is 9.53 Å². The summed E-state index contributed by atoms with van der Waals surface area (Å²) in [6, 6.07) is 0.547. The average molecular weight is 228 g/mol. The quantitative estimate of drug-likeness (QED) is 0.785. The van der Waals surface area contributed by atoms with E-state index in [-0.39, 0.29) is 24.1 Å². The lowest BCUT2D eigenvalue weighted by atomic mass is 9.98. The van der Waals surface area contributed by atoms with Crippen LogP contribution < -0.4 is 5.73 Å². The van der Waals surface area contributed by atoms with Crippen molar-refractivity contribution in [1.82, 2.24) is 4.90 Å². The third-order valence-electron chi connectivity index (χ3n) is 3.40. The van der Waals surface area contributed by atoms with Crippen LogP contribution in [0, 0.1) is 0 Å². The van der Waals surface area contributed by atoms with Gasteiger partial charge in [0.2, 0.25) is 5.91 Å². The van der Waals surface area contributed by atoms with Crippen molar-refractivity contribution in [3.05, 3.63) is 0 Å². The maximum Gasteiger partial charge on any atom is 0.222 e. The Morgan fingerprint density at radius 3 is 2.88 bits per heavy atom. The minimum atomic E-state index is 0.159. The van der Waals surface area contributed by atoms with Gasteiger partial charge in [0.25, 0.3) is 0 Å². The van der Waals surface area contributed by atoms with Crippen LogP contribution in [0.1, 0.15) is 39.5 Å². The molecule has 1 saturated heterocycles. The number of carbonyl (C=O) groups is 1. The smallest absolute Gasteiger partial charge is 0.222 e. The Balaban J connectivity index is 2.36. The standard InChI is InChI=1S/C12H24N2O2/c1-9-8-11(13)6-7-14(9)12(15)5-4-10(2)16-3/h9-11H,4-8,13H2,1-3H3. The van der Waals surface area contributed by atoms with E-state index in [4.69, 9.17) is 10.5 Å². The highest BCUT2D eigenvalue weighted by molar-refractivity contribution is 5.76. The molecule has 0 aliphatic carbocycles. The van der Waals surface area contributed by atoms with Gasteiger partial charge in [0.05, 0.1) is 6.10 Å². The van der Waals surface area contributed by atoms with E-state index in [0.29, 0.717) is 6.42 Å². The van der Waals surface area contributed by atoms with E-state index in [1.54, 1.807) is 7.11 Å². The van der Waals surface area contributed by atoms with E-state index in [1.165, 1.54) is 0 Å². The molecule has 0 aromatic carbocycles. The van der Waals surface area contributed by atoms with Crippen molar-refractivity contribution in [2.45, 2.75) is 57.7 Å². The van der Waals surface area contributed by atoms with Crippen LogP contribution in [0.5, 0.6) is 0 Å². The number of piperidine rings is 1. The normalized spacial score (nSPS) is 27.9. The van der Waals surface area contributed by atoms with Gasteiger partial charge in [-0.1, -0.05) is 0 Å². The molecule has 1 aliphatic rings. The molecule has 1 heterocycles. The van der Waals surface area contributed by atoms with E-state index in [1.807, 2.05) is 11.8 Å². The van der Waals surface area contributed by atoms with Crippen molar-refractivity contribution in [3.63, 3.8) is 0 Å². The van der Waals surface area contributed by atoms with E-state index >= 15 is 0 Å². The van der Waals surface area contributed by atoms with Gasteiger partial charge >= 0.3 is 0 Å². The summed E-state index contributed by atoms with van der Waals surface area (Å²) in [6.07, 6.45) is 3.38. The van der Waals surface area contributed by atoms with Crippen LogP contribution in [-0.2, 0) is 9.53 Å². The highest BCUT2D eigenvalue weighted by atomic mass is 16.5. The fourth-order valence-electron chi connectivity index (χ4n) is 2.17. The second kappa shape index (κ2) is 6.21. The SMILES string of the molecule is COC(C)CCC(=O)N1CCC(N)CC1C. The first-order valence-electron chi connectivity index (χ1n) is 6.12. The molecule has 0 bridgehead atoms. The van der Waals surface area contributed by atoms with Crippen LogP contribution in [0.2, 0.25) is 0 Å². The molecule has 3 unspecified atom stereocenters. The molecule has 3 atom stereocenters. The van der Waals surface area contributed by atoms with Crippen LogP contribution in [0.15, 0.2) is 0 Å². The maximum absolute atomic E-state index is 12.0. The van der Waals surface area contributed by atoms with Crippen LogP contribution >= 0.6 is 0 Å². The number of likely N-dealkylation sites (tertiary alicyclic amines) is 1. The van der Waals surface area contributed by atoms with Gasteiger partial charge < -0.3 is 15.4 Å². The molecule has 2 N–H and O–H groups in total. The first kappa shape index (κ1) is 13.5. The largest absolute Gasteiger partial charge is 0.382 e. The number of hydrogen-bond acceptors (Lipinski definition) is 3. The molecule has 4 nitrogen and oxygen atoms in total. The Bertz CT molecular complexity index is 233. The topological polar surface area (TPSA) is 55.6 Å². The van der Waals surface area contributed by atoms with Gasteiger partial charge in [-0.3, -0.25) is 4.79 Å². The van der Waals surface area contributed by atoms with Crippen LogP contribution in [-0.4, -0.2) is 42.6 Å². The number of ether oxygens (including phenoxy) is 1. The van der Waals surface area contributed by atoms with Crippen LogP contribution in [0.3, 0.4) is 0 Å². The second-order valence-corrected chi connectivity index (χ2v) is 4.81. The average Bonchev–Trinajstić information content (AvgIpc) is 2.25. The fraction of sp³-hybridized carbons (Fsp3) is 0.917. The van der Waals surface area contributed by atoms with Gasteiger partial charge in [-0.25, -0.2) is 0 Å². The monoisotopic (exact) mass is 228 g/mol. The lowest BCUT2D eigenvalue weighted by Gasteiger charge is -2.36. The fourth-order valence-corrected chi connectivity index (χ4v) is 2.17. The minimum absolute atomic E-state index is 0.159. The first-order chi connectivity index (χ1) is 7.54. The Kier molecular flexibility index (Phi) is 5.22.